The molecule has 1 aliphatic rings. The quantitative estimate of drug-likeness (QED) is 0.924. The molecule has 2 rings (SSSR count). The summed E-state index contributed by atoms with van der Waals surface area (Å²) in [5.41, 5.74) is 0.659. The molecule has 0 radical (unpaired) electrons. The first-order chi connectivity index (χ1) is 9.93. The molecule has 1 fully saturated rings. The number of carbonyl (C=O) groups excluding carboxylic acids is 2. The molecule has 2 amide bonds. The average molecular weight is 291 g/mol. The van der Waals surface area contributed by atoms with Gasteiger partial charge in [-0.25, -0.2) is 9.69 Å². The zero-order valence-corrected chi connectivity index (χ0v) is 12.5. The predicted octanol–water partition coefficient (Wildman–Crippen LogP) is 2.36. The van der Waals surface area contributed by atoms with E-state index < -0.39 is 24.0 Å². The molecule has 3 atom stereocenters. The number of benzene rings is 1. The van der Waals surface area contributed by atoms with Gasteiger partial charge in [0.25, 0.3) is 0 Å². The minimum Gasteiger partial charge on any atom is -0.447 e. The van der Waals surface area contributed by atoms with E-state index in [1.165, 1.54) is 0 Å². The molecule has 0 unspecified atom stereocenters. The standard InChI is InChI=1S/C16H21NO4/c1-10(2)13-9-21-16(20)17(13)15(19)11(3)14(18)12-7-5-4-6-8-12/h4-8,10-11,13-14,18H,9H2,1-3H3/t11-,13+,14+/m0/s1. The van der Waals surface area contributed by atoms with Gasteiger partial charge in [0.05, 0.1) is 18.1 Å². The first-order valence-corrected chi connectivity index (χ1v) is 7.16. The van der Waals surface area contributed by atoms with Gasteiger partial charge in [-0.05, 0) is 11.5 Å². The number of cyclic esters (lactones) is 1. The number of rotatable bonds is 4. The van der Waals surface area contributed by atoms with Crippen LogP contribution < -0.4 is 0 Å². The van der Waals surface area contributed by atoms with Crippen LogP contribution in [0.15, 0.2) is 30.3 Å². The lowest BCUT2D eigenvalue weighted by Gasteiger charge is -2.27. The van der Waals surface area contributed by atoms with Crippen LogP contribution in [0.5, 0.6) is 0 Å². The summed E-state index contributed by atoms with van der Waals surface area (Å²) in [6.45, 7) is 5.72. The monoisotopic (exact) mass is 291 g/mol. The highest BCUT2D eigenvalue weighted by Crippen LogP contribution is 2.27. The van der Waals surface area contributed by atoms with Gasteiger partial charge in [0.1, 0.15) is 6.61 Å². The summed E-state index contributed by atoms with van der Waals surface area (Å²) in [4.78, 5) is 25.5. The van der Waals surface area contributed by atoms with Gasteiger partial charge in [0.15, 0.2) is 0 Å². The predicted molar refractivity (Wildman–Crippen MR) is 77.4 cm³/mol. The van der Waals surface area contributed by atoms with Crippen molar-refractivity contribution in [3.05, 3.63) is 35.9 Å². The Bertz CT molecular complexity index is 514. The summed E-state index contributed by atoms with van der Waals surface area (Å²) >= 11 is 0. The number of ether oxygens (including phenoxy) is 1. The van der Waals surface area contributed by atoms with Crippen molar-refractivity contribution in [2.45, 2.75) is 32.9 Å². The Kier molecular flexibility index (Phi) is 4.63. The Morgan fingerprint density at radius 3 is 2.48 bits per heavy atom. The van der Waals surface area contributed by atoms with E-state index in [1.807, 2.05) is 19.9 Å². The van der Waals surface area contributed by atoms with Crippen LogP contribution in [0.1, 0.15) is 32.4 Å². The fraction of sp³-hybridized carbons (Fsp3) is 0.500. The normalized spacial score (nSPS) is 21.3. The van der Waals surface area contributed by atoms with Crippen molar-refractivity contribution >= 4 is 12.0 Å². The Morgan fingerprint density at radius 1 is 1.29 bits per heavy atom. The molecule has 0 aromatic heterocycles. The molecule has 5 heteroatoms. The van der Waals surface area contributed by atoms with Crippen LogP contribution >= 0.6 is 0 Å². The molecule has 1 aliphatic heterocycles. The summed E-state index contributed by atoms with van der Waals surface area (Å²) in [5.74, 6) is -0.992. The number of amides is 2. The molecule has 1 saturated heterocycles. The molecule has 0 saturated carbocycles. The molecule has 1 aromatic rings. The van der Waals surface area contributed by atoms with Gasteiger partial charge in [-0.2, -0.15) is 0 Å². The van der Waals surface area contributed by atoms with Crippen LogP contribution in [-0.2, 0) is 9.53 Å². The van der Waals surface area contributed by atoms with Gasteiger partial charge in [0.2, 0.25) is 5.91 Å². The number of hydrogen-bond donors (Lipinski definition) is 1. The maximum atomic E-state index is 12.6. The van der Waals surface area contributed by atoms with Crippen molar-refractivity contribution in [1.82, 2.24) is 4.90 Å². The summed E-state index contributed by atoms with van der Waals surface area (Å²) in [6.07, 6.45) is -1.56. The van der Waals surface area contributed by atoms with Crippen LogP contribution in [-0.4, -0.2) is 34.7 Å². The van der Waals surface area contributed by atoms with Crippen LogP contribution in [0.4, 0.5) is 4.79 Å². The summed E-state index contributed by atoms with van der Waals surface area (Å²) in [7, 11) is 0. The molecule has 0 spiro atoms. The van der Waals surface area contributed by atoms with Crippen molar-refractivity contribution < 1.29 is 19.4 Å². The van der Waals surface area contributed by atoms with Crippen LogP contribution in [0.25, 0.3) is 0 Å². The number of imide groups is 1. The lowest BCUT2D eigenvalue weighted by Crippen LogP contribution is -2.45. The molecular weight excluding hydrogens is 270 g/mol. The highest BCUT2D eigenvalue weighted by molar-refractivity contribution is 5.95. The second-order valence-corrected chi connectivity index (χ2v) is 5.74. The third-order valence-electron chi connectivity index (χ3n) is 3.92. The van der Waals surface area contributed by atoms with Gasteiger partial charge in [-0.15, -0.1) is 0 Å². The van der Waals surface area contributed by atoms with E-state index in [4.69, 9.17) is 4.74 Å². The van der Waals surface area contributed by atoms with E-state index in [-0.39, 0.29) is 18.6 Å². The van der Waals surface area contributed by atoms with Gasteiger partial charge in [-0.1, -0.05) is 51.1 Å². The maximum Gasteiger partial charge on any atom is 0.416 e. The molecular formula is C16H21NO4. The Labute approximate surface area is 124 Å². The third-order valence-corrected chi connectivity index (χ3v) is 3.92. The molecule has 0 bridgehead atoms. The molecule has 1 aromatic carbocycles. The number of hydrogen-bond acceptors (Lipinski definition) is 4. The number of aliphatic hydroxyl groups is 1. The van der Waals surface area contributed by atoms with E-state index in [1.54, 1.807) is 31.2 Å². The highest BCUT2D eigenvalue weighted by Gasteiger charge is 2.42. The smallest absolute Gasteiger partial charge is 0.416 e. The van der Waals surface area contributed by atoms with Crippen LogP contribution in [0.2, 0.25) is 0 Å². The first kappa shape index (κ1) is 15.5. The SMILES string of the molecule is CC(C)[C@H]1COC(=O)N1C(=O)[C@@H](C)[C@@H](O)c1ccccc1. The molecule has 1 heterocycles. The Morgan fingerprint density at radius 2 is 1.90 bits per heavy atom. The Balaban J connectivity index is 2.16. The summed E-state index contributed by atoms with van der Waals surface area (Å²) < 4.78 is 4.98. The zero-order valence-electron chi connectivity index (χ0n) is 12.5. The lowest BCUT2D eigenvalue weighted by atomic mass is 9.95. The van der Waals surface area contributed by atoms with Crippen molar-refractivity contribution in [2.24, 2.45) is 11.8 Å². The van der Waals surface area contributed by atoms with Crippen molar-refractivity contribution in [3.8, 4) is 0 Å². The maximum absolute atomic E-state index is 12.6. The van der Waals surface area contributed by atoms with E-state index in [0.717, 1.165) is 4.90 Å². The van der Waals surface area contributed by atoms with Crippen LogP contribution in [0, 0.1) is 11.8 Å². The van der Waals surface area contributed by atoms with Crippen molar-refractivity contribution in [1.29, 1.82) is 0 Å². The molecule has 5 nitrogen and oxygen atoms in total. The number of nitrogens with zero attached hydrogens (tertiary/aromatic N) is 1. The fourth-order valence-electron chi connectivity index (χ4n) is 2.47. The summed E-state index contributed by atoms with van der Waals surface area (Å²) in [6, 6.07) is 8.70. The Hall–Kier alpha value is -1.88. The minimum absolute atomic E-state index is 0.112. The molecule has 1 N–H and O–H groups in total. The van der Waals surface area contributed by atoms with Crippen molar-refractivity contribution in [2.75, 3.05) is 6.61 Å². The van der Waals surface area contributed by atoms with Crippen molar-refractivity contribution in [3.63, 3.8) is 0 Å². The second-order valence-electron chi connectivity index (χ2n) is 5.74. The zero-order chi connectivity index (χ0) is 15.6. The number of carbonyl (C=O) groups is 2. The van der Waals surface area contributed by atoms with Crippen LogP contribution in [0.3, 0.4) is 0 Å². The van der Waals surface area contributed by atoms with Gasteiger partial charge < -0.3 is 9.84 Å². The molecule has 21 heavy (non-hydrogen) atoms. The fourth-order valence-corrected chi connectivity index (χ4v) is 2.47. The van der Waals surface area contributed by atoms with Gasteiger partial charge in [0, 0.05) is 0 Å². The largest absolute Gasteiger partial charge is 0.447 e. The van der Waals surface area contributed by atoms with E-state index in [0.29, 0.717) is 5.56 Å². The van der Waals surface area contributed by atoms with Gasteiger partial charge in [-0.3, -0.25) is 4.79 Å². The molecule has 0 aliphatic carbocycles. The topological polar surface area (TPSA) is 66.8 Å². The average Bonchev–Trinajstić information content (AvgIpc) is 2.87. The second kappa shape index (κ2) is 6.26. The van der Waals surface area contributed by atoms with E-state index in [9.17, 15) is 14.7 Å². The minimum atomic E-state index is -0.945. The highest BCUT2D eigenvalue weighted by atomic mass is 16.6. The third kappa shape index (κ3) is 3.08. The summed E-state index contributed by atoms with van der Waals surface area (Å²) in [5, 5.41) is 10.3. The first-order valence-electron chi connectivity index (χ1n) is 7.16. The lowest BCUT2D eigenvalue weighted by molar-refractivity contribution is -0.137. The van der Waals surface area contributed by atoms with E-state index in [2.05, 4.69) is 0 Å². The number of aliphatic hydroxyl groups excluding tert-OH is 1. The van der Waals surface area contributed by atoms with Gasteiger partial charge >= 0.3 is 6.09 Å². The van der Waals surface area contributed by atoms with E-state index >= 15 is 0 Å². The molecule has 114 valence electrons.